The number of hydroxylamine groups is 2. The number of carbonyl (C=O) groups excluding carboxylic acids is 2. The summed E-state index contributed by atoms with van der Waals surface area (Å²) in [6.45, 7) is 2.89. The molecule has 7 heteroatoms. The first-order chi connectivity index (χ1) is 11.0. The molecule has 3 saturated heterocycles. The normalized spacial score (nSPS) is 36.1. The van der Waals surface area contributed by atoms with E-state index in [1.54, 1.807) is 0 Å². The van der Waals surface area contributed by atoms with Gasteiger partial charge < -0.3 is 10.2 Å². The van der Waals surface area contributed by atoms with Crippen LogP contribution in [0.2, 0.25) is 0 Å². The van der Waals surface area contributed by atoms with E-state index in [1.807, 2.05) is 0 Å². The average molecular weight is 320 g/mol. The summed E-state index contributed by atoms with van der Waals surface area (Å²) >= 11 is 0. The molecule has 0 aromatic carbocycles. The predicted molar refractivity (Wildman–Crippen MR) is 80.7 cm³/mol. The van der Waals surface area contributed by atoms with Crippen molar-refractivity contribution in [3.05, 3.63) is 0 Å². The lowest BCUT2D eigenvalue weighted by Gasteiger charge is -2.59. The first-order valence-electron chi connectivity index (χ1n) is 8.88. The molecule has 2 aliphatic carbocycles. The van der Waals surface area contributed by atoms with E-state index in [4.69, 9.17) is 0 Å². The summed E-state index contributed by atoms with van der Waals surface area (Å²) < 4.78 is 0. The molecule has 7 nitrogen and oxygen atoms in total. The van der Waals surface area contributed by atoms with Crippen LogP contribution in [0.4, 0.5) is 4.79 Å². The van der Waals surface area contributed by atoms with Gasteiger partial charge in [0, 0.05) is 31.7 Å². The third-order valence-electron chi connectivity index (χ3n) is 6.49. The predicted octanol–water partition coefficient (Wildman–Crippen LogP) is 0.387. The quantitative estimate of drug-likeness (QED) is 0.738. The van der Waals surface area contributed by atoms with Crippen molar-refractivity contribution in [1.29, 1.82) is 0 Å². The van der Waals surface area contributed by atoms with Crippen LogP contribution >= 0.6 is 0 Å². The number of hydrogen-bond acceptors (Lipinski definition) is 4. The van der Waals surface area contributed by atoms with E-state index >= 15 is 0 Å². The highest BCUT2D eigenvalue weighted by molar-refractivity contribution is 5.88. The standard InChI is InChI=1S/C16H24N4O3/c21-14(13-4-3-12-7-19(13)15(22)20(12)23)17-10-5-16(6-10)8-18(9-16)11-1-2-11/h10-13,23H,1-9H2,(H,17,21)/t12-,13+/m1/s1. The smallest absolute Gasteiger partial charge is 0.344 e. The molecule has 5 aliphatic rings. The number of likely N-dealkylation sites (tertiary alicyclic amines) is 1. The van der Waals surface area contributed by atoms with Gasteiger partial charge in [-0.25, -0.2) is 9.86 Å². The van der Waals surface area contributed by atoms with Crippen molar-refractivity contribution in [3.8, 4) is 0 Å². The highest BCUT2D eigenvalue weighted by Crippen LogP contribution is 2.51. The second-order valence-corrected chi connectivity index (χ2v) is 8.28. The molecule has 3 aliphatic heterocycles. The number of hydrogen-bond donors (Lipinski definition) is 2. The Bertz CT molecular complexity index is 550. The molecule has 3 amide bonds. The van der Waals surface area contributed by atoms with Crippen LogP contribution in [0, 0.1) is 5.41 Å². The minimum Gasteiger partial charge on any atom is -0.352 e. The lowest BCUT2D eigenvalue weighted by atomic mass is 9.60. The van der Waals surface area contributed by atoms with Gasteiger partial charge in [-0.05, 0) is 43.9 Å². The molecule has 5 fully saturated rings. The number of amides is 3. The number of nitrogens with one attached hydrogen (secondary N) is 1. The lowest BCUT2D eigenvalue weighted by Crippen LogP contribution is -2.67. The summed E-state index contributed by atoms with van der Waals surface area (Å²) in [5, 5.41) is 13.6. The Balaban J connectivity index is 1.14. The molecular formula is C16H24N4O3. The zero-order valence-corrected chi connectivity index (χ0v) is 13.3. The monoisotopic (exact) mass is 320 g/mol. The molecule has 2 saturated carbocycles. The van der Waals surface area contributed by atoms with Gasteiger partial charge in [0.05, 0.1) is 6.04 Å². The molecule has 0 aromatic rings. The second kappa shape index (κ2) is 4.60. The number of rotatable bonds is 3. The van der Waals surface area contributed by atoms with Crippen LogP contribution in [-0.2, 0) is 4.79 Å². The minimum atomic E-state index is -0.420. The number of fused-ring (bicyclic) bond motifs is 2. The van der Waals surface area contributed by atoms with E-state index in [-0.39, 0.29) is 18.0 Å². The Hall–Kier alpha value is -1.34. The zero-order chi connectivity index (χ0) is 15.8. The van der Waals surface area contributed by atoms with Gasteiger partial charge in [0.2, 0.25) is 5.91 Å². The lowest BCUT2D eigenvalue weighted by molar-refractivity contribution is -0.132. The summed E-state index contributed by atoms with van der Waals surface area (Å²) in [4.78, 5) is 28.6. The third kappa shape index (κ3) is 2.09. The summed E-state index contributed by atoms with van der Waals surface area (Å²) in [5.74, 6) is -0.0367. The molecule has 5 rings (SSSR count). The van der Waals surface area contributed by atoms with Crippen molar-refractivity contribution < 1.29 is 14.8 Å². The zero-order valence-electron chi connectivity index (χ0n) is 13.3. The highest BCUT2D eigenvalue weighted by Gasteiger charge is 2.56. The molecular weight excluding hydrogens is 296 g/mol. The van der Waals surface area contributed by atoms with Gasteiger partial charge in [0.1, 0.15) is 6.04 Å². The van der Waals surface area contributed by atoms with Crippen molar-refractivity contribution in [3.63, 3.8) is 0 Å². The molecule has 1 spiro atoms. The molecule has 0 unspecified atom stereocenters. The Kier molecular flexibility index (Phi) is 2.81. The Labute approximate surface area is 135 Å². The Morgan fingerprint density at radius 3 is 2.52 bits per heavy atom. The van der Waals surface area contributed by atoms with E-state index in [1.165, 1.54) is 30.8 Å². The van der Waals surface area contributed by atoms with E-state index < -0.39 is 12.1 Å². The van der Waals surface area contributed by atoms with E-state index in [0.29, 0.717) is 24.8 Å². The molecule has 23 heavy (non-hydrogen) atoms. The number of urea groups is 1. The molecule has 0 aromatic heterocycles. The highest BCUT2D eigenvalue weighted by atomic mass is 16.5. The summed E-state index contributed by atoms with van der Waals surface area (Å²) in [6.07, 6.45) is 6.23. The maximum absolute atomic E-state index is 12.5. The molecule has 2 N–H and O–H groups in total. The average Bonchev–Trinajstić information content (AvgIpc) is 3.27. The number of piperidine rings is 1. The van der Waals surface area contributed by atoms with Gasteiger partial charge in [-0.2, -0.15) is 0 Å². The van der Waals surface area contributed by atoms with Crippen molar-refractivity contribution in [2.45, 2.75) is 62.7 Å². The van der Waals surface area contributed by atoms with E-state index in [0.717, 1.165) is 23.9 Å². The molecule has 2 atom stereocenters. The van der Waals surface area contributed by atoms with Crippen LogP contribution in [0.1, 0.15) is 38.5 Å². The largest absolute Gasteiger partial charge is 0.352 e. The first kappa shape index (κ1) is 14.0. The fourth-order valence-electron chi connectivity index (χ4n) is 5.08. The third-order valence-corrected chi connectivity index (χ3v) is 6.49. The first-order valence-corrected chi connectivity index (χ1v) is 8.88. The summed E-state index contributed by atoms with van der Waals surface area (Å²) in [7, 11) is 0. The van der Waals surface area contributed by atoms with E-state index in [2.05, 4.69) is 10.2 Å². The fourth-order valence-corrected chi connectivity index (χ4v) is 5.08. The maximum Gasteiger partial charge on any atom is 0.344 e. The van der Waals surface area contributed by atoms with Gasteiger partial charge in [-0.3, -0.25) is 14.9 Å². The topological polar surface area (TPSA) is 76.1 Å². The van der Waals surface area contributed by atoms with Crippen molar-refractivity contribution >= 4 is 11.9 Å². The van der Waals surface area contributed by atoms with Crippen molar-refractivity contribution in [1.82, 2.24) is 20.2 Å². The van der Waals surface area contributed by atoms with Crippen LogP contribution in [0.15, 0.2) is 0 Å². The van der Waals surface area contributed by atoms with Crippen LogP contribution in [0.3, 0.4) is 0 Å². The molecule has 126 valence electrons. The number of nitrogens with zero attached hydrogens (tertiary/aromatic N) is 3. The van der Waals surface area contributed by atoms with Gasteiger partial charge >= 0.3 is 6.03 Å². The molecule has 2 bridgehead atoms. The van der Waals surface area contributed by atoms with Gasteiger partial charge in [-0.15, -0.1) is 0 Å². The van der Waals surface area contributed by atoms with Crippen LogP contribution in [-0.4, -0.2) is 75.8 Å². The van der Waals surface area contributed by atoms with Gasteiger partial charge in [-0.1, -0.05) is 0 Å². The maximum atomic E-state index is 12.5. The number of carbonyl (C=O) groups is 2. The van der Waals surface area contributed by atoms with Crippen LogP contribution < -0.4 is 5.32 Å². The summed E-state index contributed by atoms with van der Waals surface area (Å²) in [6, 6.07) is 0.159. The van der Waals surface area contributed by atoms with Gasteiger partial charge in [0.15, 0.2) is 0 Å². The molecule has 0 radical (unpaired) electrons. The van der Waals surface area contributed by atoms with E-state index in [9.17, 15) is 14.8 Å². The Morgan fingerprint density at radius 2 is 1.83 bits per heavy atom. The fraction of sp³-hybridized carbons (Fsp3) is 0.875. The second-order valence-electron chi connectivity index (χ2n) is 8.28. The Morgan fingerprint density at radius 1 is 1.13 bits per heavy atom. The van der Waals surface area contributed by atoms with Crippen LogP contribution in [0.25, 0.3) is 0 Å². The van der Waals surface area contributed by atoms with Crippen LogP contribution in [0.5, 0.6) is 0 Å². The van der Waals surface area contributed by atoms with Gasteiger partial charge in [0.25, 0.3) is 0 Å². The summed E-state index contributed by atoms with van der Waals surface area (Å²) in [5.41, 5.74) is 0.462. The SMILES string of the molecule is O=C(NC1CC2(C1)CN(C1CC1)C2)[C@@H]1CC[C@@H]2CN1C(=O)N2O. The minimum absolute atomic E-state index is 0.0367. The van der Waals surface area contributed by atoms with Crippen molar-refractivity contribution in [2.75, 3.05) is 19.6 Å². The molecule has 3 heterocycles. The van der Waals surface area contributed by atoms with Crippen molar-refractivity contribution in [2.24, 2.45) is 5.41 Å².